The fraction of sp³-hybridized carbons (Fsp3) is 0.500. The van der Waals surface area contributed by atoms with Gasteiger partial charge in [0.25, 0.3) is 0 Å². The molecule has 1 N–H and O–H groups in total. The van der Waals surface area contributed by atoms with Crippen molar-refractivity contribution < 1.29 is 8.91 Å². The van der Waals surface area contributed by atoms with Crippen LogP contribution in [0.25, 0.3) is 0 Å². The Balaban J connectivity index is 1.48. The fourth-order valence-corrected chi connectivity index (χ4v) is 4.24. The Morgan fingerprint density at radius 2 is 2.36 bits per heavy atom. The standard InChI is InChI=1S/C18H21ClN8O/c1-18-10-26(15(28)3-4-20)7-12(18)8-27(11-18)16-14(19)6-21-17(24-16)23-13-5-22-25(2)9-13/h5-6,9,12H,3,7-8,10-11H2,1-2H3,(H,21,23,24)/t12-,18+/m0/s1/i2D3. The smallest absolute Gasteiger partial charge is 0.236 e. The van der Waals surface area contributed by atoms with Crippen molar-refractivity contribution in [2.24, 2.45) is 18.3 Å². The van der Waals surface area contributed by atoms with Gasteiger partial charge in [0.15, 0.2) is 5.82 Å². The molecular weight excluding hydrogens is 380 g/mol. The van der Waals surface area contributed by atoms with E-state index in [1.807, 2.05) is 6.07 Å². The average Bonchev–Trinajstić information content (AvgIpc) is 3.35. The highest BCUT2D eigenvalue weighted by atomic mass is 35.5. The van der Waals surface area contributed by atoms with E-state index in [9.17, 15) is 4.79 Å². The largest absolute Gasteiger partial charge is 0.354 e. The minimum atomic E-state index is -2.36. The molecule has 0 bridgehead atoms. The van der Waals surface area contributed by atoms with Crippen LogP contribution in [-0.2, 0) is 11.8 Å². The van der Waals surface area contributed by atoms with E-state index < -0.39 is 6.98 Å². The molecule has 9 nitrogen and oxygen atoms in total. The molecule has 28 heavy (non-hydrogen) atoms. The predicted octanol–water partition coefficient (Wildman–Crippen LogP) is 1.81. The number of fused-ring (bicyclic) bond motifs is 1. The number of aryl methyl sites for hydroxylation is 1. The first kappa shape index (κ1) is 15.1. The van der Waals surface area contributed by atoms with Gasteiger partial charge in [-0.05, 0) is 0 Å². The molecule has 0 aliphatic carbocycles. The first-order valence-corrected chi connectivity index (χ1v) is 9.21. The first-order valence-electron chi connectivity index (χ1n) is 10.3. The third kappa shape index (κ3) is 3.36. The Bertz CT molecular complexity index is 1050. The summed E-state index contributed by atoms with van der Waals surface area (Å²) in [5, 5.41) is 16.0. The zero-order chi connectivity index (χ0) is 22.4. The molecule has 10 heteroatoms. The summed E-state index contributed by atoms with van der Waals surface area (Å²) in [4.78, 5) is 24.7. The predicted molar refractivity (Wildman–Crippen MR) is 104 cm³/mol. The summed E-state index contributed by atoms with van der Waals surface area (Å²) < 4.78 is 23.1. The lowest BCUT2D eigenvalue weighted by atomic mass is 9.83. The van der Waals surface area contributed by atoms with E-state index >= 15 is 0 Å². The number of nitrogens with one attached hydrogen (secondary N) is 1. The maximum absolute atomic E-state index is 12.1. The Morgan fingerprint density at radius 3 is 3.07 bits per heavy atom. The molecule has 0 unspecified atom stereocenters. The summed E-state index contributed by atoms with van der Waals surface area (Å²) in [5.41, 5.74) is 0.328. The molecule has 2 aliphatic heterocycles. The number of anilines is 3. The third-order valence-corrected chi connectivity index (χ3v) is 5.68. The molecular formula is C18H21ClN8O. The SMILES string of the molecule is [2H]C([2H])([2H])n1cc(Nc2ncc(Cl)c(N3C[C@@H]4CN(C(=O)CC#N)C[C@]4(C)C3)n2)cn1. The van der Waals surface area contributed by atoms with E-state index in [1.165, 1.54) is 18.6 Å². The van der Waals surface area contributed by atoms with Gasteiger partial charge in [-0.1, -0.05) is 18.5 Å². The molecule has 4 heterocycles. The van der Waals surface area contributed by atoms with Crippen LogP contribution in [-0.4, -0.2) is 56.7 Å². The van der Waals surface area contributed by atoms with Gasteiger partial charge in [-0.2, -0.15) is 15.3 Å². The van der Waals surface area contributed by atoms with Crippen LogP contribution in [0.4, 0.5) is 17.5 Å². The van der Waals surface area contributed by atoms with E-state index in [0.717, 1.165) is 4.68 Å². The van der Waals surface area contributed by atoms with Crippen LogP contribution in [0.2, 0.25) is 5.02 Å². The molecule has 146 valence electrons. The van der Waals surface area contributed by atoms with Crippen molar-refractivity contribution in [2.45, 2.75) is 13.3 Å². The normalized spacial score (nSPS) is 25.6. The number of amides is 1. The molecule has 0 spiro atoms. The number of carbonyl (C=O) groups excluding carboxylic acids is 1. The molecule has 2 saturated heterocycles. The average molecular weight is 404 g/mol. The summed E-state index contributed by atoms with van der Waals surface area (Å²) in [7, 11) is 0. The molecule has 2 aromatic heterocycles. The number of rotatable bonds is 4. The first-order chi connectivity index (χ1) is 14.6. The lowest BCUT2D eigenvalue weighted by molar-refractivity contribution is -0.129. The van der Waals surface area contributed by atoms with Gasteiger partial charge in [0.1, 0.15) is 11.4 Å². The van der Waals surface area contributed by atoms with Crippen LogP contribution in [0.3, 0.4) is 0 Å². The maximum Gasteiger partial charge on any atom is 0.236 e. The summed E-state index contributed by atoms with van der Waals surface area (Å²) in [6.07, 6.45) is 4.15. The Labute approximate surface area is 172 Å². The molecule has 2 aliphatic rings. The molecule has 2 aromatic rings. The number of nitriles is 1. The van der Waals surface area contributed by atoms with Crippen molar-refractivity contribution in [1.29, 1.82) is 5.26 Å². The number of likely N-dealkylation sites (tertiary alicyclic amines) is 1. The quantitative estimate of drug-likeness (QED) is 0.830. The van der Waals surface area contributed by atoms with Crippen LogP contribution < -0.4 is 10.2 Å². The van der Waals surface area contributed by atoms with Crippen LogP contribution >= 0.6 is 11.6 Å². The van der Waals surface area contributed by atoms with E-state index in [-0.39, 0.29) is 29.6 Å². The van der Waals surface area contributed by atoms with Crippen LogP contribution in [0.15, 0.2) is 18.6 Å². The van der Waals surface area contributed by atoms with Gasteiger partial charge < -0.3 is 15.1 Å². The number of carbonyl (C=O) groups is 1. The lowest BCUT2D eigenvalue weighted by Gasteiger charge is -2.26. The van der Waals surface area contributed by atoms with Crippen molar-refractivity contribution in [3.63, 3.8) is 0 Å². The second-order valence-corrected chi connectivity index (χ2v) is 7.91. The van der Waals surface area contributed by atoms with Crippen molar-refractivity contribution in [3.8, 4) is 6.07 Å². The minimum absolute atomic E-state index is 0.0996. The van der Waals surface area contributed by atoms with Crippen LogP contribution in [0.1, 0.15) is 17.5 Å². The topological polar surface area (TPSA) is 103 Å². The fourth-order valence-electron chi connectivity index (χ4n) is 4.03. The zero-order valence-corrected chi connectivity index (χ0v) is 16.0. The summed E-state index contributed by atoms with van der Waals surface area (Å²) in [5.74, 6) is 0.967. The Kier molecular flexibility index (Phi) is 3.75. The third-order valence-electron chi connectivity index (χ3n) is 5.42. The number of halogens is 1. The number of nitrogens with zero attached hydrogens (tertiary/aromatic N) is 7. The van der Waals surface area contributed by atoms with Crippen molar-refractivity contribution in [2.75, 3.05) is 36.4 Å². The highest BCUT2D eigenvalue weighted by molar-refractivity contribution is 6.32. The highest BCUT2D eigenvalue weighted by Crippen LogP contribution is 2.44. The molecule has 1 amide bonds. The molecule has 0 radical (unpaired) electrons. The van der Waals surface area contributed by atoms with E-state index in [4.69, 9.17) is 21.0 Å². The van der Waals surface area contributed by atoms with Crippen LogP contribution in [0.5, 0.6) is 0 Å². The van der Waals surface area contributed by atoms with E-state index in [0.29, 0.717) is 42.7 Å². The summed E-state index contributed by atoms with van der Waals surface area (Å²) in [6.45, 7) is 2.32. The molecule has 2 atom stereocenters. The van der Waals surface area contributed by atoms with Gasteiger partial charge in [-0.25, -0.2) is 4.98 Å². The molecule has 4 rings (SSSR count). The summed E-state index contributed by atoms with van der Waals surface area (Å²) >= 11 is 6.38. The second kappa shape index (κ2) is 6.95. The monoisotopic (exact) mass is 403 g/mol. The zero-order valence-electron chi connectivity index (χ0n) is 18.3. The highest BCUT2D eigenvalue weighted by Gasteiger charge is 2.50. The van der Waals surface area contributed by atoms with Crippen molar-refractivity contribution in [1.82, 2.24) is 24.6 Å². The number of hydrogen-bond acceptors (Lipinski definition) is 7. The maximum atomic E-state index is 12.1. The van der Waals surface area contributed by atoms with E-state index in [1.54, 1.807) is 4.90 Å². The number of hydrogen-bond donors (Lipinski definition) is 1. The minimum Gasteiger partial charge on any atom is -0.354 e. The summed E-state index contributed by atoms with van der Waals surface area (Å²) in [6, 6.07) is 1.92. The second-order valence-electron chi connectivity index (χ2n) is 7.50. The molecule has 0 saturated carbocycles. The number of aromatic nitrogens is 4. The Morgan fingerprint density at radius 1 is 1.50 bits per heavy atom. The van der Waals surface area contributed by atoms with Gasteiger partial charge >= 0.3 is 0 Å². The Hall–Kier alpha value is -2.86. The van der Waals surface area contributed by atoms with Gasteiger partial charge in [-0.3, -0.25) is 9.48 Å². The van der Waals surface area contributed by atoms with Crippen LogP contribution in [0, 0.1) is 22.7 Å². The van der Waals surface area contributed by atoms with Gasteiger partial charge in [0, 0.05) is 54.8 Å². The van der Waals surface area contributed by atoms with Gasteiger partial charge in [-0.15, -0.1) is 0 Å². The van der Waals surface area contributed by atoms with Gasteiger partial charge in [0.05, 0.1) is 24.2 Å². The van der Waals surface area contributed by atoms with E-state index in [2.05, 4.69) is 32.2 Å². The van der Waals surface area contributed by atoms with Crippen molar-refractivity contribution >= 4 is 35.0 Å². The van der Waals surface area contributed by atoms with Crippen molar-refractivity contribution in [3.05, 3.63) is 23.6 Å². The van der Waals surface area contributed by atoms with Gasteiger partial charge in [0.2, 0.25) is 11.9 Å². The lowest BCUT2D eigenvalue weighted by Crippen LogP contribution is -2.35. The molecule has 0 aromatic carbocycles. The molecule has 2 fully saturated rings.